The van der Waals surface area contributed by atoms with Crippen LogP contribution in [0.25, 0.3) is 22.2 Å². The molecule has 0 aliphatic rings. The van der Waals surface area contributed by atoms with Crippen molar-refractivity contribution in [2.75, 3.05) is 6.54 Å². The molecule has 0 atom stereocenters. The predicted octanol–water partition coefficient (Wildman–Crippen LogP) is 5.14. The van der Waals surface area contributed by atoms with E-state index in [4.69, 9.17) is 22.1 Å². The molecule has 11 heteroatoms. The van der Waals surface area contributed by atoms with Crippen LogP contribution in [-0.4, -0.2) is 22.6 Å². The van der Waals surface area contributed by atoms with E-state index in [1.165, 1.54) is 29.1 Å². The minimum Gasteiger partial charge on any atom is -0.427 e. The van der Waals surface area contributed by atoms with Gasteiger partial charge in [-0.3, -0.25) is 4.79 Å². The van der Waals surface area contributed by atoms with Crippen LogP contribution in [0.5, 0.6) is 5.75 Å². The van der Waals surface area contributed by atoms with E-state index in [1.54, 1.807) is 0 Å². The molecule has 0 bridgehead atoms. The maximum atomic E-state index is 13.9. The lowest BCUT2D eigenvalue weighted by atomic mass is 10.0. The van der Waals surface area contributed by atoms with Gasteiger partial charge in [-0.05, 0) is 24.3 Å². The zero-order valence-corrected chi connectivity index (χ0v) is 16.7. The number of allylic oxidation sites excluding steroid dienone is 1. The monoisotopic (exact) mass is 463 g/mol. The Morgan fingerprint density at radius 1 is 1.27 bits per heavy atom. The summed E-state index contributed by atoms with van der Waals surface area (Å²) in [4.78, 5) is 14.8. The molecule has 0 aliphatic carbocycles. The van der Waals surface area contributed by atoms with Crippen molar-refractivity contribution in [1.29, 1.82) is 0 Å². The number of carbonyl (C=O) groups excluding carboxylic acids is 1. The lowest BCUT2D eigenvalue weighted by Gasteiger charge is -2.13. The molecule has 0 unspecified atom stereocenters. The van der Waals surface area contributed by atoms with Crippen molar-refractivity contribution in [2.45, 2.75) is 12.7 Å². The maximum absolute atomic E-state index is 13.9. The van der Waals surface area contributed by atoms with Crippen molar-refractivity contribution >= 4 is 41.5 Å². The molecule has 2 aromatic carbocycles. The number of nitrogens with zero attached hydrogens (tertiary/aromatic N) is 2. The van der Waals surface area contributed by atoms with E-state index in [-0.39, 0.29) is 64.9 Å². The molecule has 1 heterocycles. The number of hydrogen-bond acceptors (Lipinski definition) is 4. The van der Waals surface area contributed by atoms with Crippen molar-refractivity contribution < 1.29 is 27.1 Å². The van der Waals surface area contributed by atoms with Crippen LogP contribution in [0.4, 0.5) is 17.6 Å². The largest absolute Gasteiger partial charge is 0.427 e. The third-order valence-corrected chi connectivity index (χ3v) is 4.53. The Labute approximate surface area is 179 Å². The fourth-order valence-electron chi connectivity index (χ4n) is 2.88. The highest BCUT2D eigenvalue weighted by atomic mass is 35.5. The van der Waals surface area contributed by atoms with Crippen LogP contribution in [0.1, 0.15) is 5.56 Å². The van der Waals surface area contributed by atoms with Crippen LogP contribution in [0, 0.1) is 0 Å². The van der Waals surface area contributed by atoms with Crippen LogP contribution in [-0.2, 0) is 17.5 Å². The number of ether oxygens (including phenoxy) is 1. The van der Waals surface area contributed by atoms with Gasteiger partial charge in [0.15, 0.2) is 0 Å². The fraction of sp³-hybridized carbons (Fsp3) is 0.158. The van der Waals surface area contributed by atoms with E-state index in [1.807, 2.05) is 0 Å². The van der Waals surface area contributed by atoms with Gasteiger partial charge in [0.2, 0.25) is 0 Å². The Morgan fingerprint density at radius 2 is 2.00 bits per heavy atom. The topological polar surface area (TPSA) is 70.1 Å². The zero-order chi connectivity index (χ0) is 21.2. The number of benzene rings is 2. The van der Waals surface area contributed by atoms with Crippen LogP contribution < -0.4 is 10.5 Å². The summed E-state index contributed by atoms with van der Waals surface area (Å²) in [5, 5.41) is -0.0519. The van der Waals surface area contributed by atoms with Gasteiger partial charge in [0, 0.05) is 17.7 Å². The summed E-state index contributed by atoms with van der Waals surface area (Å²) in [5.41, 5.74) is 4.81. The molecule has 0 radical (unpaired) electrons. The number of fused-ring (bicyclic) bond motifs is 1. The van der Waals surface area contributed by atoms with E-state index in [2.05, 4.69) is 4.98 Å². The molecule has 0 saturated carbocycles. The number of carbonyl (C=O) groups is 1. The minimum absolute atomic E-state index is 0. The Balaban J connectivity index is 0.00000320. The van der Waals surface area contributed by atoms with Crippen LogP contribution in [0.15, 0.2) is 48.6 Å². The minimum atomic E-state index is -4.66. The number of rotatable bonds is 6. The van der Waals surface area contributed by atoms with Crippen LogP contribution in [0.2, 0.25) is 5.02 Å². The lowest BCUT2D eigenvalue weighted by Crippen LogP contribution is -2.06. The third kappa shape index (κ3) is 4.75. The molecule has 3 rings (SSSR count). The summed E-state index contributed by atoms with van der Waals surface area (Å²) in [7, 11) is 0. The van der Waals surface area contributed by atoms with E-state index in [0.717, 1.165) is 18.2 Å². The Hall–Kier alpha value is -2.62. The van der Waals surface area contributed by atoms with Gasteiger partial charge in [-0.1, -0.05) is 23.7 Å². The average molecular weight is 464 g/mol. The molecule has 0 amide bonds. The highest BCUT2D eigenvalue weighted by Gasteiger charge is 2.32. The molecule has 3 aromatic rings. The smallest absolute Gasteiger partial charge is 0.416 e. The van der Waals surface area contributed by atoms with Gasteiger partial charge in [-0.15, -0.1) is 12.4 Å². The molecular weight excluding hydrogens is 449 g/mol. The molecule has 0 fully saturated rings. The number of aromatic nitrogens is 2. The molecule has 0 saturated heterocycles. The number of nitrogens with two attached hydrogens (primary N) is 1. The zero-order valence-electron chi connectivity index (χ0n) is 15.1. The third-order valence-electron chi connectivity index (χ3n) is 4.14. The summed E-state index contributed by atoms with van der Waals surface area (Å²) in [6, 6.07) is 6.14. The van der Waals surface area contributed by atoms with Gasteiger partial charge in [-0.2, -0.15) is 13.2 Å². The SMILES string of the molecule is Cl.NC/C=C(\F)Cn1cnc2c(-c3cccc(OC=O)c3Cl)cc(C(F)(F)F)cc21. The van der Waals surface area contributed by atoms with Crippen LogP contribution in [0.3, 0.4) is 0 Å². The molecule has 2 N–H and O–H groups in total. The number of imidazole rings is 1. The second kappa shape index (κ2) is 9.46. The standard InChI is InChI=1S/C19H14ClF4N3O2.ClH/c20-17-13(2-1-3-16(17)29-10-28)14-6-11(19(22,23)24)7-15-18(14)26-9-27(15)8-12(21)4-5-25;/h1-4,6-7,9-10H,5,8,25H2;1H/b12-4-;. The maximum Gasteiger partial charge on any atom is 0.416 e. The van der Waals surface area contributed by atoms with Gasteiger partial charge < -0.3 is 15.0 Å². The van der Waals surface area contributed by atoms with Gasteiger partial charge in [0.25, 0.3) is 6.47 Å². The highest BCUT2D eigenvalue weighted by molar-refractivity contribution is 6.35. The van der Waals surface area contributed by atoms with Gasteiger partial charge in [-0.25, -0.2) is 9.37 Å². The first-order chi connectivity index (χ1) is 13.8. The molecule has 0 spiro atoms. The Morgan fingerprint density at radius 3 is 2.63 bits per heavy atom. The highest BCUT2D eigenvalue weighted by Crippen LogP contribution is 2.41. The summed E-state index contributed by atoms with van der Waals surface area (Å²) in [6.07, 6.45) is -2.30. The van der Waals surface area contributed by atoms with Crippen molar-refractivity contribution in [2.24, 2.45) is 5.73 Å². The quantitative estimate of drug-likeness (QED) is 0.405. The molecular formula is C19H15Cl2F4N3O2. The number of alkyl halides is 3. The van der Waals surface area contributed by atoms with Gasteiger partial charge in [0.1, 0.15) is 11.6 Å². The number of hydrogen-bond donors (Lipinski definition) is 1. The Bertz CT molecular complexity index is 1100. The van der Waals surface area contributed by atoms with Crippen molar-refractivity contribution in [3.05, 3.63) is 59.1 Å². The first-order valence-electron chi connectivity index (χ1n) is 8.26. The second-order valence-corrected chi connectivity index (χ2v) is 6.36. The number of halogens is 6. The first kappa shape index (κ1) is 23.7. The van der Waals surface area contributed by atoms with Crippen LogP contribution >= 0.6 is 24.0 Å². The molecule has 1 aromatic heterocycles. The van der Waals surface area contributed by atoms with E-state index >= 15 is 0 Å². The lowest BCUT2D eigenvalue weighted by molar-refractivity contribution is -0.137. The van der Waals surface area contributed by atoms with Crippen molar-refractivity contribution in [3.8, 4) is 16.9 Å². The Kier molecular flexibility index (Phi) is 7.46. The fourth-order valence-corrected chi connectivity index (χ4v) is 3.15. The molecule has 0 aliphatic heterocycles. The normalized spacial score (nSPS) is 12.0. The van der Waals surface area contributed by atoms with Gasteiger partial charge in [0.05, 0.1) is 34.5 Å². The summed E-state index contributed by atoms with van der Waals surface area (Å²) in [5.74, 6) is -0.619. The molecule has 5 nitrogen and oxygen atoms in total. The summed E-state index contributed by atoms with van der Waals surface area (Å²) < 4.78 is 60.4. The van der Waals surface area contributed by atoms with E-state index < -0.39 is 17.6 Å². The second-order valence-electron chi connectivity index (χ2n) is 5.98. The summed E-state index contributed by atoms with van der Waals surface area (Å²) in [6.45, 7) is -0.207. The average Bonchev–Trinajstić information content (AvgIpc) is 3.05. The van der Waals surface area contributed by atoms with Crippen molar-refractivity contribution in [3.63, 3.8) is 0 Å². The molecule has 160 valence electrons. The van der Waals surface area contributed by atoms with E-state index in [0.29, 0.717) is 0 Å². The van der Waals surface area contributed by atoms with Gasteiger partial charge >= 0.3 is 6.18 Å². The van der Waals surface area contributed by atoms with E-state index in [9.17, 15) is 22.4 Å². The first-order valence-corrected chi connectivity index (χ1v) is 8.64. The van der Waals surface area contributed by atoms with Crippen molar-refractivity contribution in [1.82, 2.24) is 9.55 Å². The summed E-state index contributed by atoms with van der Waals surface area (Å²) >= 11 is 6.24. The predicted molar refractivity (Wildman–Crippen MR) is 107 cm³/mol. The molecule has 30 heavy (non-hydrogen) atoms.